The quantitative estimate of drug-likeness (QED) is 0.305. The molecule has 0 aromatic heterocycles. The molecule has 0 saturated carbocycles. The van der Waals surface area contributed by atoms with Gasteiger partial charge in [-0.3, -0.25) is 13.9 Å². The van der Waals surface area contributed by atoms with E-state index in [1.54, 1.807) is 18.2 Å². The third kappa shape index (κ3) is 7.53. The third-order valence-electron chi connectivity index (χ3n) is 6.21. The minimum absolute atomic E-state index is 0.00105. The molecule has 3 rings (SSSR count). The molecule has 0 aliphatic rings. The average molecular weight is 591 g/mol. The molecule has 39 heavy (non-hydrogen) atoms. The first-order chi connectivity index (χ1) is 18.4. The fraction of sp³-hybridized carbons (Fsp3) is 0.310. The molecule has 2 amide bonds. The second kappa shape index (κ2) is 13.3. The van der Waals surface area contributed by atoms with Crippen LogP contribution in [0.1, 0.15) is 38.3 Å². The second-order valence-corrected chi connectivity index (χ2v) is 12.2. The molecular weight excluding hydrogens is 557 g/mol. The van der Waals surface area contributed by atoms with E-state index in [-0.39, 0.29) is 34.1 Å². The lowest BCUT2D eigenvalue weighted by Crippen LogP contribution is -2.53. The summed E-state index contributed by atoms with van der Waals surface area (Å²) in [7, 11) is -4.21. The molecule has 0 spiro atoms. The van der Waals surface area contributed by atoms with Gasteiger partial charge in [-0.25, -0.2) is 8.42 Å². The molecule has 0 unspecified atom stereocenters. The number of anilines is 1. The number of amides is 2. The number of rotatable bonds is 11. The van der Waals surface area contributed by atoms with Crippen LogP contribution < -0.4 is 9.62 Å². The van der Waals surface area contributed by atoms with Gasteiger partial charge in [-0.1, -0.05) is 72.6 Å². The molecule has 7 nitrogen and oxygen atoms in total. The van der Waals surface area contributed by atoms with Crippen LogP contribution in [0.3, 0.4) is 0 Å². The Hall–Kier alpha value is -3.07. The van der Waals surface area contributed by atoms with Crippen molar-refractivity contribution in [2.24, 2.45) is 0 Å². The fourth-order valence-corrected chi connectivity index (χ4v) is 6.20. The molecular formula is C29H33Cl2N3O4S. The molecule has 10 heteroatoms. The number of hydrogen-bond acceptors (Lipinski definition) is 4. The van der Waals surface area contributed by atoms with Gasteiger partial charge in [0.25, 0.3) is 10.0 Å². The van der Waals surface area contributed by atoms with Crippen molar-refractivity contribution in [3.05, 3.63) is 94.0 Å². The average Bonchev–Trinajstić information content (AvgIpc) is 2.88. The van der Waals surface area contributed by atoms with Crippen LogP contribution in [0, 0.1) is 6.92 Å². The van der Waals surface area contributed by atoms with Crippen LogP contribution in [0.25, 0.3) is 0 Å². The van der Waals surface area contributed by atoms with E-state index >= 15 is 0 Å². The number of carbonyl (C=O) groups excluding carboxylic acids is 2. The Bertz CT molecular complexity index is 1420. The van der Waals surface area contributed by atoms with Gasteiger partial charge in [0.2, 0.25) is 11.8 Å². The zero-order valence-electron chi connectivity index (χ0n) is 22.4. The summed E-state index contributed by atoms with van der Waals surface area (Å²) in [4.78, 5) is 28.7. The van der Waals surface area contributed by atoms with Gasteiger partial charge in [0.15, 0.2) is 0 Å². The van der Waals surface area contributed by atoms with Crippen LogP contribution in [0.15, 0.2) is 77.7 Å². The van der Waals surface area contributed by atoms with Gasteiger partial charge in [0.1, 0.15) is 12.6 Å². The van der Waals surface area contributed by atoms with Crippen molar-refractivity contribution in [1.82, 2.24) is 10.2 Å². The summed E-state index contributed by atoms with van der Waals surface area (Å²) in [6.07, 6.45) is 0.337. The van der Waals surface area contributed by atoms with Crippen LogP contribution in [-0.4, -0.2) is 43.8 Å². The van der Waals surface area contributed by atoms with Crippen molar-refractivity contribution in [2.45, 2.75) is 57.6 Å². The highest BCUT2D eigenvalue weighted by Gasteiger charge is 2.34. The van der Waals surface area contributed by atoms with Gasteiger partial charge in [-0.15, -0.1) is 0 Å². The van der Waals surface area contributed by atoms with Gasteiger partial charge in [0, 0.05) is 17.6 Å². The standard InChI is InChI=1S/C29H33Cl2N3O4S/c1-5-26(29(36)32-20(2)3)33(18-22-12-10-9-11-21(22)4)28(35)19-34(27-16-15-23(30)17-25(27)31)39(37,38)24-13-7-6-8-14-24/h6-17,20,26H,5,18-19H2,1-4H3,(H,32,36)/t26-/m0/s1. The smallest absolute Gasteiger partial charge is 0.264 e. The zero-order valence-corrected chi connectivity index (χ0v) is 24.7. The van der Waals surface area contributed by atoms with Crippen LogP contribution in [0.4, 0.5) is 5.69 Å². The normalized spacial score (nSPS) is 12.2. The van der Waals surface area contributed by atoms with Gasteiger partial charge >= 0.3 is 0 Å². The lowest BCUT2D eigenvalue weighted by molar-refractivity contribution is -0.140. The van der Waals surface area contributed by atoms with Crippen LogP contribution in [-0.2, 0) is 26.2 Å². The highest BCUT2D eigenvalue weighted by atomic mass is 35.5. The summed E-state index contributed by atoms with van der Waals surface area (Å²) >= 11 is 12.5. The summed E-state index contributed by atoms with van der Waals surface area (Å²) in [5.74, 6) is -0.856. The Morgan fingerprint density at radius 1 is 0.949 bits per heavy atom. The zero-order chi connectivity index (χ0) is 28.7. The Morgan fingerprint density at radius 3 is 2.18 bits per heavy atom. The van der Waals surface area contributed by atoms with Gasteiger partial charge in [0.05, 0.1) is 15.6 Å². The molecule has 0 radical (unpaired) electrons. The Kier molecular flexibility index (Phi) is 10.4. The second-order valence-electron chi connectivity index (χ2n) is 9.46. The lowest BCUT2D eigenvalue weighted by atomic mass is 10.1. The van der Waals surface area contributed by atoms with Crippen LogP contribution in [0.2, 0.25) is 10.0 Å². The number of hydrogen-bond donors (Lipinski definition) is 1. The van der Waals surface area contributed by atoms with Crippen molar-refractivity contribution in [3.8, 4) is 0 Å². The van der Waals surface area contributed by atoms with Gasteiger partial charge in [-0.2, -0.15) is 0 Å². The predicted molar refractivity (Wildman–Crippen MR) is 157 cm³/mol. The largest absolute Gasteiger partial charge is 0.352 e. The monoisotopic (exact) mass is 589 g/mol. The van der Waals surface area contributed by atoms with Crippen molar-refractivity contribution >= 4 is 50.7 Å². The molecule has 0 saturated heterocycles. The first-order valence-electron chi connectivity index (χ1n) is 12.6. The number of benzene rings is 3. The maximum Gasteiger partial charge on any atom is 0.264 e. The first kappa shape index (κ1) is 30.5. The Labute approximate surface area is 240 Å². The highest BCUT2D eigenvalue weighted by Crippen LogP contribution is 2.33. The summed E-state index contributed by atoms with van der Waals surface area (Å²) in [5.41, 5.74) is 1.90. The van der Waals surface area contributed by atoms with E-state index in [0.29, 0.717) is 11.4 Å². The van der Waals surface area contributed by atoms with E-state index in [1.165, 1.54) is 35.2 Å². The maximum atomic E-state index is 14.1. The maximum absolute atomic E-state index is 14.1. The Morgan fingerprint density at radius 2 is 1.59 bits per heavy atom. The molecule has 1 N–H and O–H groups in total. The van der Waals surface area contributed by atoms with Crippen molar-refractivity contribution in [2.75, 3.05) is 10.8 Å². The first-order valence-corrected chi connectivity index (χ1v) is 14.8. The molecule has 0 aliphatic heterocycles. The summed E-state index contributed by atoms with van der Waals surface area (Å²) < 4.78 is 28.7. The van der Waals surface area contributed by atoms with E-state index in [1.807, 2.05) is 52.0 Å². The number of sulfonamides is 1. The fourth-order valence-electron chi connectivity index (χ4n) is 4.19. The van der Waals surface area contributed by atoms with E-state index < -0.39 is 28.5 Å². The number of nitrogens with zero attached hydrogens (tertiary/aromatic N) is 2. The van der Waals surface area contributed by atoms with E-state index in [4.69, 9.17) is 23.2 Å². The van der Waals surface area contributed by atoms with E-state index in [9.17, 15) is 18.0 Å². The molecule has 0 fully saturated rings. The van der Waals surface area contributed by atoms with Gasteiger partial charge < -0.3 is 10.2 Å². The number of nitrogens with one attached hydrogen (secondary N) is 1. The van der Waals surface area contributed by atoms with Crippen LogP contribution >= 0.6 is 23.2 Å². The van der Waals surface area contributed by atoms with E-state index in [0.717, 1.165) is 15.4 Å². The molecule has 208 valence electrons. The van der Waals surface area contributed by atoms with Crippen molar-refractivity contribution in [1.29, 1.82) is 0 Å². The third-order valence-corrected chi connectivity index (χ3v) is 8.52. The summed E-state index contributed by atoms with van der Waals surface area (Å²) in [5, 5.41) is 3.28. The van der Waals surface area contributed by atoms with Crippen LogP contribution in [0.5, 0.6) is 0 Å². The minimum atomic E-state index is -4.21. The molecule has 0 bridgehead atoms. The summed E-state index contributed by atoms with van der Waals surface area (Å²) in [6, 6.07) is 18.8. The summed E-state index contributed by atoms with van der Waals surface area (Å²) in [6.45, 7) is 6.98. The SMILES string of the molecule is CC[C@@H](C(=O)NC(C)C)N(Cc1ccccc1C)C(=O)CN(c1ccc(Cl)cc1Cl)S(=O)(=O)c1ccccc1. The number of aryl methyl sites for hydroxylation is 1. The lowest BCUT2D eigenvalue weighted by Gasteiger charge is -2.34. The molecule has 0 heterocycles. The van der Waals surface area contributed by atoms with Crippen molar-refractivity contribution in [3.63, 3.8) is 0 Å². The van der Waals surface area contributed by atoms with Crippen molar-refractivity contribution < 1.29 is 18.0 Å². The predicted octanol–water partition coefficient (Wildman–Crippen LogP) is 5.83. The van der Waals surface area contributed by atoms with Gasteiger partial charge in [-0.05, 0) is 68.7 Å². The minimum Gasteiger partial charge on any atom is -0.352 e. The highest BCUT2D eigenvalue weighted by molar-refractivity contribution is 7.92. The molecule has 0 aliphatic carbocycles. The van der Waals surface area contributed by atoms with E-state index in [2.05, 4.69) is 5.32 Å². The molecule has 1 atom stereocenters. The molecule has 3 aromatic carbocycles. The number of carbonyl (C=O) groups is 2. The molecule has 3 aromatic rings. The Balaban J connectivity index is 2.10. The topological polar surface area (TPSA) is 86.8 Å². The number of halogens is 2.